The van der Waals surface area contributed by atoms with Crippen LogP contribution < -0.4 is 16.4 Å². The lowest BCUT2D eigenvalue weighted by molar-refractivity contribution is -0.150. The van der Waals surface area contributed by atoms with E-state index in [0.29, 0.717) is 0 Å². The van der Waals surface area contributed by atoms with E-state index in [4.69, 9.17) is 10.5 Å². The van der Waals surface area contributed by atoms with Gasteiger partial charge in [-0.1, -0.05) is 30.3 Å². The molecule has 126 valence electrons. The van der Waals surface area contributed by atoms with E-state index in [0.717, 1.165) is 5.56 Å². The summed E-state index contributed by atoms with van der Waals surface area (Å²) in [5.41, 5.74) is 5.92. The van der Waals surface area contributed by atoms with Gasteiger partial charge < -0.3 is 26.2 Å². The Morgan fingerprint density at radius 1 is 1.22 bits per heavy atom. The normalized spacial score (nSPS) is 12.8. The number of carbonyl (C=O) groups excluding carboxylic acids is 3. The Bertz CT molecular complexity index is 535. The van der Waals surface area contributed by atoms with Crippen molar-refractivity contribution in [3.8, 4) is 0 Å². The zero-order chi connectivity index (χ0) is 17.2. The minimum absolute atomic E-state index is 0.0332. The van der Waals surface area contributed by atoms with E-state index in [9.17, 15) is 19.5 Å². The number of aliphatic hydroxyl groups is 1. The van der Waals surface area contributed by atoms with Gasteiger partial charge in [-0.2, -0.15) is 0 Å². The van der Waals surface area contributed by atoms with Gasteiger partial charge in [0, 0.05) is 0 Å². The summed E-state index contributed by atoms with van der Waals surface area (Å²) in [5.74, 6) is -1.88. The fourth-order valence-electron chi connectivity index (χ4n) is 1.67. The third-order valence-electron chi connectivity index (χ3n) is 2.96. The van der Waals surface area contributed by atoms with Gasteiger partial charge in [0.05, 0.1) is 13.2 Å². The highest BCUT2D eigenvalue weighted by atomic mass is 16.5. The molecule has 5 N–H and O–H groups in total. The van der Waals surface area contributed by atoms with Crippen LogP contribution in [0.4, 0.5) is 0 Å². The molecule has 0 aliphatic carbocycles. The molecule has 2 atom stereocenters. The monoisotopic (exact) mass is 323 g/mol. The lowest BCUT2D eigenvalue weighted by Gasteiger charge is -2.19. The number of nitrogens with two attached hydrogens (primary N) is 1. The van der Waals surface area contributed by atoms with Gasteiger partial charge in [-0.15, -0.1) is 0 Å². The molecule has 8 heteroatoms. The quantitative estimate of drug-likeness (QED) is 0.439. The fourth-order valence-corrected chi connectivity index (χ4v) is 1.67. The summed E-state index contributed by atoms with van der Waals surface area (Å²) >= 11 is 0. The fraction of sp³-hybridized carbons (Fsp3) is 0.400. The number of ether oxygens (including phenoxy) is 1. The second-order valence-corrected chi connectivity index (χ2v) is 4.83. The standard InChI is InChI=1S/C15H21N3O5/c1-10(17-13(20)7-16)14(21)18-12(8-19)15(22)23-9-11-5-3-2-4-6-11/h2-6,10,12,19H,7-9,16H2,1H3,(H,17,20)(H,18,21). The van der Waals surface area contributed by atoms with Crippen LogP contribution in [-0.2, 0) is 25.7 Å². The highest BCUT2D eigenvalue weighted by Crippen LogP contribution is 2.02. The molecule has 0 bridgehead atoms. The predicted molar refractivity (Wildman–Crippen MR) is 81.9 cm³/mol. The van der Waals surface area contributed by atoms with Crippen molar-refractivity contribution < 1.29 is 24.2 Å². The summed E-state index contributed by atoms with van der Waals surface area (Å²) in [6, 6.07) is 6.91. The van der Waals surface area contributed by atoms with Crippen molar-refractivity contribution in [2.75, 3.05) is 13.2 Å². The Balaban J connectivity index is 2.50. The lowest BCUT2D eigenvalue weighted by Crippen LogP contribution is -2.52. The molecule has 1 aromatic carbocycles. The van der Waals surface area contributed by atoms with Crippen molar-refractivity contribution >= 4 is 17.8 Å². The van der Waals surface area contributed by atoms with E-state index in [1.807, 2.05) is 6.07 Å². The van der Waals surface area contributed by atoms with Crippen LogP contribution in [0.2, 0.25) is 0 Å². The van der Waals surface area contributed by atoms with Crippen LogP contribution in [0.1, 0.15) is 12.5 Å². The van der Waals surface area contributed by atoms with Gasteiger partial charge in [0.1, 0.15) is 12.6 Å². The van der Waals surface area contributed by atoms with E-state index >= 15 is 0 Å². The first-order valence-corrected chi connectivity index (χ1v) is 7.09. The van der Waals surface area contributed by atoms with Gasteiger partial charge in [0.2, 0.25) is 11.8 Å². The van der Waals surface area contributed by atoms with Gasteiger partial charge in [0.15, 0.2) is 6.04 Å². The molecule has 2 unspecified atom stereocenters. The summed E-state index contributed by atoms with van der Waals surface area (Å²) in [7, 11) is 0. The van der Waals surface area contributed by atoms with Crippen LogP contribution in [0.25, 0.3) is 0 Å². The first kappa shape index (κ1) is 18.6. The first-order chi connectivity index (χ1) is 11.0. The Hall–Kier alpha value is -2.45. The second-order valence-electron chi connectivity index (χ2n) is 4.83. The van der Waals surface area contributed by atoms with Crippen molar-refractivity contribution in [2.45, 2.75) is 25.6 Å². The summed E-state index contributed by atoms with van der Waals surface area (Å²) in [5, 5.41) is 13.9. The zero-order valence-electron chi connectivity index (χ0n) is 12.8. The largest absolute Gasteiger partial charge is 0.459 e. The Morgan fingerprint density at radius 3 is 2.43 bits per heavy atom. The van der Waals surface area contributed by atoms with E-state index < -0.39 is 36.5 Å². The van der Waals surface area contributed by atoms with Crippen molar-refractivity contribution in [3.05, 3.63) is 35.9 Å². The molecule has 1 rings (SSSR count). The number of hydrogen-bond acceptors (Lipinski definition) is 6. The molecule has 0 heterocycles. The molecule has 0 saturated heterocycles. The highest BCUT2D eigenvalue weighted by Gasteiger charge is 2.24. The molecular weight excluding hydrogens is 302 g/mol. The van der Waals surface area contributed by atoms with Crippen LogP contribution in [0, 0.1) is 0 Å². The number of rotatable bonds is 8. The van der Waals surface area contributed by atoms with E-state index in [-0.39, 0.29) is 13.2 Å². The molecule has 1 aromatic rings. The average Bonchev–Trinajstić information content (AvgIpc) is 2.57. The summed E-state index contributed by atoms with van der Waals surface area (Å²) in [6.45, 7) is 0.606. The van der Waals surface area contributed by atoms with Crippen molar-refractivity contribution in [1.82, 2.24) is 10.6 Å². The summed E-state index contributed by atoms with van der Waals surface area (Å²) in [6.07, 6.45) is 0. The molecule has 0 fully saturated rings. The molecule has 8 nitrogen and oxygen atoms in total. The maximum absolute atomic E-state index is 11.9. The summed E-state index contributed by atoms with van der Waals surface area (Å²) < 4.78 is 5.04. The van der Waals surface area contributed by atoms with Gasteiger partial charge in [-0.25, -0.2) is 4.79 Å². The molecule has 0 aliphatic heterocycles. The number of hydrogen-bond donors (Lipinski definition) is 4. The van der Waals surface area contributed by atoms with Gasteiger partial charge in [-0.05, 0) is 12.5 Å². The van der Waals surface area contributed by atoms with Gasteiger partial charge in [-0.3, -0.25) is 9.59 Å². The summed E-state index contributed by atoms with van der Waals surface area (Å²) in [4.78, 5) is 34.9. The molecule has 0 saturated carbocycles. The zero-order valence-corrected chi connectivity index (χ0v) is 12.8. The Labute approximate surface area is 134 Å². The van der Waals surface area contributed by atoms with Gasteiger partial charge in [0.25, 0.3) is 0 Å². The SMILES string of the molecule is CC(NC(=O)CN)C(=O)NC(CO)C(=O)OCc1ccccc1. The highest BCUT2D eigenvalue weighted by molar-refractivity contribution is 5.90. The van der Waals surface area contributed by atoms with Crippen LogP contribution in [0.15, 0.2) is 30.3 Å². The number of carbonyl (C=O) groups is 3. The molecule has 23 heavy (non-hydrogen) atoms. The molecule has 0 aliphatic rings. The first-order valence-electron chi connectivity index (χ1n) is 7.09. The smallest absolute Gasteiger partial charge is 0.331 e. The predicted octanol–water partition coefficient (Wildman–Crippen LogP) is -1.33. The van der Waals surface area contributed by atoms with Crippen LogP contribution in [-0.4, -0.2) is 48.1 Å². The van der Waals surface area contributed by atoms with Crippen LogP contribution >= 0.6 is 0 Å². The number of esters is 1. The maximum atomic E-state index is 11.9. The Morgan fingerprint density at radius 2 is 1.87 bits per heavy atom. The third kappa shape index (κ3) is 6.45. The van der Waals surface area contributed by atoms with Crippen LogP contribution in [0.3, 0.4) is 0 Å². The molecule has 0 radical (unpaired) electrons. The number of amides is 2. The average molecular weight is 323 g/mol. The second kappa shape index (κ2) is 9.54. The van der Waals surface area contributed by atoms with Gasteiger partial charge >= 0.3 is 5.97 Å². The number of aliphatic hydroxyl groups excluding tert-OH is 1. The Kier molecular flexibility index (Phi) is 7.72. The van der Waals surface area contributed by atoms with Crippen molar-refractivity contribution in [3.63, 3.8) is 0 Å². The lowest BCUT2D eigenvalue weighted by atomic mass is 10.2. The number of benzene rings is 1. The third-order valence-corrected chi connectivity index (χ3v) is 2.96. The molecule has 0 spiro atoms. The van der Waals surface area contributed by atoms with Crippen molar-refractivity contribution in [2.24, 2.45) is 5.73 Å². The van der Waals surface area contributed by atoms with E-state index in [1.54, 1.807) is 24.3 Å². The molecule has 0 aromatic heterocycles. The topological polar surface area (TPSA) is 131 Å². The number of nitrogens with one attached hydrogen (secondary N) is 2. The van der Waals surface area contributed by atoms with E-state index in [2.05, 4.69) is 10.6 Å². The maximum Gasteiger partial charge on any atom is 0.331 e. The van der Waals surface area contributed by atoms with E-state index in [1.165, 1.54) is 6.92 Å². The molecule has 2 amide bonds. The van der Waals surface area contributed by atoms with Crippen molar-refractivity contribution in [1.29, 1.82) is 0 Å². The minimum atomic E-state index is -1.21. The minimum Gasteiger partial charge on any atom is -0.459 e. The molecular formula is C15H21N3O5. The van der Waals surface area contributed by atoms with Crippen LogP contribution in [0.5, 0.6) is 0 Å².